The van der Waals surface area contributed by atoms with Crippen LogP contribution in [0.3, 0.4) is 0 Å². The number of amides is 1. The molecule has 6 nitrogen and oxygen atoms in total. The highest BCUT2D eigenvalue weighted by Crippen LogP contribution is 2.33. The lowest BCUT2D eigenvalue weighted by atomic mass is 10.1. The first kappa shape index (κ1) is 19.4. The maximum atomic E-state index is 13.4. The molecule has 2 aromatic carbocycles. The molecule has 1 unspecified atom stereocenters. The number of ether oxygens (including phenoxy) is 1. The maximum Gasteiger partial charge on any atom is 0.232 e. The van der Waals surface area contributed by atoms with Crippen LogP contribution < -0.4 is 9.64 Å². The second-order valence-corrected chi connectivity index (χ2v) is 7.24. The molecule has 0 N–H and O–H groups in total. The Labute approximate surface area is 172 Å². The summed E-state index contributed by atoms with van der Waals surface area (Å²) in [5.41, 5.74) is 1.35. The SMILES string of the molecule is CCCOc1ccc(-c2noc(C3CC(=O)N(c4ccc(F)c(Cl)c4)C3)n2)cc1. The predicted molar refractivity (Wildman–Crippen MR) is 107 cm³/mol. The molecule has 1 aromatic heterocycles. The molecule has 8 heteroatoms. The van der Waals surface area contributed by atoms with Crippen molar-refractivity contribution in [1.82, 2.24) is 10.1 Å². The van der Waals surface area contributed by atoms with Crippen molar-refractivity contribution in [1.29, 1.82) is 0 Å². The van der Waals surface area contributed by atoms with Crippen LogP contribution in [0.15, 0.2) is 47.0 Å². The van der Waals surface area contributed by atoms with E-state index in [1.165, 1.54) is 18.2 Å². The fourth-order valence-electron chi connectivity index (χ4n) is 3.21. The lowest BCUT2D eigenvalue weighted by molar-refractivity contribution is -0.117. The van der Waals surface area contributed by atoms with E-state index in [4.69, 9.17) is 20.9 Å². The van der Waals surface area contributed by atoms with Gasteiger partial charge in [0.1, 0.15) is 11.6 Å². The van der Waals surface area contributed by atoms with E-state index in [1.54, 1.807) is 4.90 Å². The summed E-state index contributed by atoms with van der Waals surface area (Å²) in [4.78, 5) is 18.5. The third-order valence-corrected chi connectivity index (χ3v) is 5.01. The minimum atomic E-state index is -0.522. The summed E-state index contributed by atoms with van der Waals surface area (Å²) < 4.78 is 24.4. The van der Waals surface area contributed by atoms with Gasteiger partial charge in [0.15, 0.2) is 0 Å². The summed E-state index contributed by atoms with van der Waals surface area (Å²) in [6.45, 7) is 3.08. The highest BCUT2D eigenvalue weighted by atomic mass is 35.5. The molecule has 0 saturated carbocycles. The van der Waals surface area contributed by atoms with Gasteiger partial charge in [0.2, 0.25) is 17.6 Å². The van der Waals surface area contributed by atoms with Gasteiger partial charge in [-0.3, -0.25) is 4.79 Å². The number of carbonyl (C=O) groups is 1. The van der Waals surface area contributed by atoms with Crippen LogP contribution in [-0.4, -0.2) is 29.2 Å². The van der Waals surface area contributed by atoms with Crippen LogP contribution in [0, 0.1) is 5.82 Å². The van der Waals surface area contributed by atoms with Gasteiger partial charge in [-0.2, -0.15) is 4.98 Å². The molecule has 1 amide bonds. The Bertz CT molecular complexity index is 1020. The van der Waals surface area contributed by atoms with E-state index in [1.807, 2.05) is 24.3 Å². The molecule has 1 fully saturated rings. The van der Waals surface area contributed by atoms with Gasteiger partial charge in [-0.25, -0.2) is 4.39 Å². The Balaban J connectivity index is 1.48. The molecule has 4 rings (SSSR count). The van der Waals surface area contributed by atoms with Gasteiger partial charge in [0.25, 0.3) is 0 Å². The molecule has 0 aliphatic carbocycles. The lowest BCUT2D eigenvalue weighted by Gasteiger charge is -2.16. The van der Waals surface area contributed by atoms with E-state index in [2.05, 4.69) is 17.1 Å². The van der Waals surface area contributed by atoms with Crippen LogP contribution in [0.1, 0.15) is 31.6 Å². The molecule has 1 saturated heterocycles. The van der Waals surface area contributed by atoms with E-state index < -0.39 is 5.82 Å². The molecule has 1 atom stereocenters. The van der Waals surface area contributed by atoms with Gasteiger partial charge in [0, 0.05) is 24.2 Å². The number of benzene rings is 2. The largest absolute Gasteiger partial charge is 0.494 e. The summed E-state index contributed by atoms with van der Waals surface area (Å²) in [5, 5.41) is 4.02. The summed E-state index contributed by atoms with van der Waals surface area (Å²) >= 11 is 5.84. The third kappa shape index (κ3) is 4.10. The van der Waals surface area contributed by atoms with Crippen molar-refractivity contribution in [3.05, 3.63) is 59.2 Å². The molecule has 1 aliphatic rings. The van der Waals surface area contributed by atoms with E-state index in [-0.39, 0.29) is 23.3 Å². The fraction of sp³-hybridized carbons (Fsp3) is 0.286. The first-order chi connectivity index (χ1) is 14.0. The first-order valence-corrected chi connectivity index (χ1v) is 9.75. The lowest BCUT2D eigenvalue weighted by Crippen LogP contribution is -2.24. The van der Waals surface area contributed by atoms with Crippen LogP contribution in [0.2, 0.25) is 5.02 Å². The highest BCUT2D eigenvalue weighted by molar-refractivity contribution is 6.31. The molecule has 2 heterocycles. The average Bonchev–Trinajstić information content (AvgIpc) is 3.36. The van der Waals surface area contributed by atoms with E-state index in [0.717, 1.165) is 17.7 Å². The number of hydrogen-bond donors (Lipinski definition) is 0. The van der Waals surface area contributed by atoms with Crippen molar-refractivity contribution < 1.29 is 18.4 Å². The number of halogens is 2. The van der Waals surface area contributed by atoms with Gasteiger partial charge in [-0.05, 0) is 48.9 Å². The number of anilines is 1. The fourth-order valence-corrected chi connectivity index (χ4v) is 3.39. The number of carbonyl (C=O) groups excluding carboxylic acids is 1. The van der Waals surface area contributed by atoms with Gasteiger partial charge < -0.3 is 14.2 Å². The Morgan fingerprint density at radius 1 is 1.28 bits per heavy atom. The van der Waals surface area contributed by atoms with Crippen molar-refractivity contribution in [3.8, 4) is 17.1 Å². The Morgan fingerprint density at radius 3 is 2.79 bits per heavy atom. The topological polar surface area (TPSA) is 68.5 Å². The van der Waals surface area contributed by atoms with Crippen molar-refractivity contribution >= 4 is 23.2 Å². The predicted octanol–water partition coefficient (Wildman–Crippen LogP) is 4.84. The maximum absolute atomic E-state index is 13.4. The van der Waals surface area contributed by atoms with Crippen molar-refractivity contribution in [2.75, 3.05) is 18.1 Å². The molecular formula is C21H19ClFN3O3. The average molecular weight is 416 g/mol. The molecule has 0 spiro atoms. The van der Waals surface area contributed by atoms with Crippen LogP contribution in [0.25, 0.3) is 11.4 Å². The van der Waals surface area contributed by atoms with Crippen LogP contribution in [-0.2, 0) is 4.79 Å². The Kier molecular flexibility index (Phi) is 5.49. The van der Waals surface area contributed by atoms with Gasteiger partial charge >= 0.3 is 0 Å². The van der Waals surface area contributed by atoms with Crippen LogP contribution in [0.4, 0.5) is 10.1 Å². The molecule has 29 heavy (non-hydrogen) atoms. The zero-order valence-corrected chi connectivity index (χ0v) is 16.5. The van der Waals surface area contributed by atoms with Crippen molar-refractivity contribution in [2.45, 2.75) is 25.7 Å². The summed E-state index contributed by atoms with van der Waals surface area (Å²) in [5.74, 6) is 0.781. The molecule has 0 bridgehead atoms. The molecule has 1 aliphatic heterocycles. The molecule has 0 radical (unpaired) electrons. The molecular weight excluding hydrogens is 397 g/mol. The van der Waals surface area contributed by atoms with Crippen LogP contribution >= 0.6 is 11.6 Å². The zero-order valence-electron chi connectivity index (χ0n) is 15.8. The van der Waals surface area contributed by atoms with E-state index >= 15 is 0 Å². The monoisotopic (exact) mass is 415 g/mol. The minimum Gasteiger partial charge on any atom is -0.494 e. The van der Waals surface area contributed by atoms with E-state index in [9.17, 15) is 9.18 Å². The van der Waals surface area contributed by atoms with Crippen LogP contribution in [0.5, 0.6) is 5.75 Å². The number of hydrogen-bond acceptors (Lipinski definition) is 5. The standard InChI is InChI=1S/C21H19ClFN3O3/c1-2-9-28-16-6-3-13(4-7-16)20-24-21(29-25-20)14-10-19(27)26(12-14)15-5-8-18(23)17(22)11-15/h3-8,11,14H,2,9-10,12H2,1H3. The summed E-state index contributed by atoms with van der Waals surface area (Å²) in [7, 11) is 0. The van der Waals surface area contributed by atoms with Crippen molar-refractivity contribution in [2.24, 2.45) is 0 Å². The first-order valence-electron chi connectivity index (χ1n) is 9.37. The van der Waals surface area contributed by atoms with Crippen molar-refractivity contribution in [3.63, 3.8) is 0 Å². The molecule has 3 aromatic rings. The smallest absolute Gasteiger partial charge is 0.232 e. The number of aromatic nitrogens is 2. The number of rotatable bonds is 6. The third-order valence-electron chi connectivity index (χ3n) is 4.72. The summed E-state index contributed by atoms with van der Waals surface area (Å²) in [6, 6.07) is 11.7. The van der Waals surface area contributed by atoms with Gasteiger partial charge in [-0.1, -0.05) is 23.7 Å². The Morgan fingerprint density at radius 2 is 2.07 bits per heavy atom. The summed E-state index contributed by atoms with van der Waals surface area (Å²) in [6.07, 6.45) is 1.18. The number of nitrogens with zero attached hydrogens (tertiary/aromatic N) is 3. The van der Waals surface area contributed by atoms with E-state index in [0.29, 0.717) is 30.6 Å². The Hall–Kier alpha value is -2.93. The second-order valence-electron chi connectivity index (χ2n) is 6.83. The minimum absolute atomic E-state index is 0.0230. The normalized spacial score (nSPS) is 16.4. The molecule has 150 valence electrons. The van der Waals surface area contributed by atoms with Gasteiger partial charge in [-0.15, -0.1) is 0 Å². The zero-order chi connectivity index (χ0) is 20.4. The highest BCUT2D eigenvalue weighted by Gasteiger charge is 2.35. The quantitative estimate of drug-likeness (QED) is 0.576. The van der Waals surface area contributed by atoms with Gasteiger partial charge in [0.05, 0.1) is 17.5 Å². The second kappa shape index (κ2) is 8.21.